The van der Waals surface area contributed by atoms with E-state index in [1.807, 2.05) is 47.0 Å². The van der Waals surface area contributed by atoms with Crippen molar-refractivity contribution in [3.8, 4) is 16.9 Å². The Labute approximate surface area is 183 Å². The number of fused-ring (bicyclic) bond motifs is 4. The zero-order valence-electron chi connectivity index (χ0n) is 16.9. The van der Waals surface area contributed by atoms with Crippen molar-refractivity contribution < 1.29 is 4.92 Å². The number of nitrogens with zero attached hydrogens (tertiary/aromatic N) is 4. The van der Waals surface area contributed by atoms with Gasteiger partial charge in [0.15, 0.2) is 11.2 Å². The van der Waals surface area contributed by atoms with Gasteiger partial charge in [0.1, 0.15) is 0 Å². The van der Waals surface area contributed by atoms with Crippen LogP contribution in [0.3, 0.4) is 0 Å². The first-order chi connectivity index (χ1) is 16.0. The van der Waals surface area contributed by atoms with Gasteiger partial charge < -0.3 is 0 Å². The zero-order valence-corrected chi connectivity index (χ0v) is 16.9. The van der Waals surface area contributed by atoms with E-state index in [0.717, 1.165) is 16.5 Å². The lowest BCUT2D eigenvalue weighted by Gasteiger charge is -2.10. The van der Waals surface area contributed by atoms with Crippen LogP contribution in [0.5, 0.6) is 0 Å². The Kier molecular flexibility index (Phi) is 3.84. The minimum absolute atomic E-state index is 0.0524. The molecule has 0 fully saturated rings. The lowest BCUT2D eigenvalue weighted by molar-refractivity contribution is -0.384. The minimum atomic E-state index is -0.649. The predicted octanol–water partition coefficient (Wildman–Crippen LogP) is 3.38. The van der Waals surface area contributed by atoms with E-state index in [9.17, 15) is 19.7 Å². The van der Waals surface area contributed by atoms with Crippen LogP contribution in [0.1, 0.15) is 0 Å². The number of hydrogen-bond donors (Lipinski definition) is 2. The summed E-state index contributed by atoms with van der Waals surface area (Å²) in [5.41, 5.74) is 0.977. The molecule has 3 aromatic carbocycles. The molecule has 0 saturated heterocycles. The molecule has 0 radical (unpaired) electrons. The fourth-order valence-electron chi connectivity index (χ4n) is 4.15. The number of H-pyrrole nitrogens is 2. The highest BCUT2D eigenvalue weighted by molar-refractivity contribution is 5.86. The molecular weight excluding hydrogens is 424 g/mol. The molecule has 0 aliphatic heterocycles. The number of aromatic amines is 2. The van der Waals surface area contributed by atoms with Gasteiger partial charge in [-0.2, -0.15) is 4.98 Å². The van der Waals surface area contributed by atoms with E-state index in [0.29, 0.717) is 17.0 Å². The van der Waals surface area contributed by atoms with Crippen molar-refractivity contribution in [1.29, 1.82) is 0 Å². The van der Waals surface area contributed by atoms with Crippen LogP contribution >= 0.6 is 0 Å². The van der Waals surface area contributed by atoms with Gasteiger partial charge in [-0.3, -0.25) is 33.8 Å². The highest BCUT2D eigenvalue weighted by Gasteiger charge is 2.20. The standard InChI is InChI=1S/C23H14N6O4/c30-21-19-20(24-22(31)26-21)25-23-27(19)12-18(15-6-3-7-17(11-15)29(32)33)28(23)16-9-8-13-4-1-2-5-14(13)10-16/h1-12H,(H2,24,26,30,31). The summed E-state index contributed by atoms with van der Waals surface area (Å²) in [6.45, 7) is 0. The van der Waals surface area contributed by atoms with Gasteiger partial charge in [-0.05, 0) is 22.9 Å². The summed E-state index contributed by atoms with van der Waals surface area (Å²) in [4.78, 5) is 44.5. The van der Waals surface area contributed by atoms with Crippen LogP contribution in [0.25, 0.3) is 44.7 Å². The summed E-state index contributed by atoms with van der Waals surface area (Å²) in [5.74, 6) is 0.383. The Morgan fingerprint density at radius 2 is 1.73 bits per heavy atom. The van der Waals surface area contributed by atoms with Gasteiger partial charge in [0.05, 0.1) is 10.6 Å². The number of benzene rings is 3. The zero-order chi connectivity index (χ0) is 22.7. The monoisotopic (exact) mass is 438 g/mol. The summed E-state index contributed by atoms with van der Waals surface area (Å²) < 4.78 is 3.39. The lowest BCUT2D eigenvalue weighted by atomic mass is 10.1. The molecule has 0 aliphatic rings. The van der Waals surface area contributed by atoms with E-state index < -0.39 is 16.2 Å². The second-order valence-electron chi connectivity index (χ2n) is 7.58. The number of nitro groups is 1. The topological polar surface area (TPSA) is 131 Å². The molecule has 0 atom stereocenters. The van der Waals surface area contributed by atoms with Crippen LogP contribution in [0.4, 0.5) is 5.69 Å². The van der Waals surface area contributed by atoms with Gasteiger partial charge in [0.2, 0.25) is 5.78 Å². The Balaban J connectivity index is 1.73. The van der Waals surface area contributed by atoms with Gasteiger partial charge in [0.25, 0.3) is 11.2 Å². The fourth-order valence-corrected chi connectivity index (χ4v) is 4.15. The van der Waals surface area contributed by atoms with E-state index in [-0.39, 0.29) is 16.9 Å². The van der Waals surface area contributed by atoms with Gasteiger partial charge in [0, 0.05) is 29.6 Å². The summed E-state index contributed by atoms with van der Waals surface area (Å²) in [7, 11) is 0. The van der Waals surface area contributed by atoms with Crippen LogP contribution in [-0.2, 0) is 0 Å². The van der Waals surface area contributed by atoms with Crippen LogP contribution < -0.4 is 11.2 Å². The van der Waals surface area contributed by atoms with Crippen molar-refractivity contribution in [3.05, 3.63) is 104 Å². The Morgan fingerprint density at radius 3 is 2.55 bits per heavy atom. The molecule has 10 heteroatoms. The third-order valence-corrected chi connectivity index (χ3v) is 5.60. The molecule has 6 aromatic rings. The van der Waals surface area contributed by atoms with Crippen LogP contribution in [-0.4, -0.2) is 28.8 Å². The highest BCUT2D eigenvalue weighted by atomic mass is 16.6. The van der Waals surface area contributed by atoms with Crippen LogP contribution in [0.15, 0.2) is 82.5 Å². The summed E-state index contributed by atoms with van der Waals surface area (Å²) in [5, 5.41) is 13.4. The van der Waals surface area contributed by atoms with Crippen molar-refractivity contribution in [3.63, 3.8) is 0 Å². The number of aromatic nitrogens is 5. The van der Waals surface area contributed by atoms with E-state index in [1.54, 1.807) is 22.7 Å². The normalized spacial score (nSPS) is 11.5. The summed E-state index contributed by atoms with van der Waals surface area (Å²) in [6, 6.07) is 20.0. The molecule has 6 rings (SSSR count). The molecule has 0 amide bonds. The van der Waals surface area contributed by atoms with Crippen molar-refractivity contribution in [2.45, 2.75) is 0 Å². The van der Waals surface area contributed by atoms with Gasteiger partial charge in [-0.1, -0.05) is 42.5 Å². The third kappa shape index (κ3) is 2.85. The smallest absolute Gasteiger partial charge is 0.290 e. The maximum Gasteiger partial charge on any atom is 0.327 e. The van der Waals surface area contributed by atoms with E-state index in [2.05, 4.69) is 15.0 Å². The average molecular weight is 438 g/mol. The lowest BCUT2D eigenvalue weighted by Crippen LogP contribution is -2.22. The molecule has 3 heterocycles. The SMILES string of the molecule is O=c1[nH]c(=O)c2c(nc3n(-c4ccc5ccccc5c4)c(-c4cccc([N+](=O)[O-])c4)cn23)[nH]1. The van der Waals surface area contributed by atoms with Crippen molar-refractivity contribution >= 4 is 33.4 Å². The first-order valence-electron chi connectivity index (χ1n) is 10.00. The van der Waals surface area contributed by atoms with E-state index in [1.165, 1.54) is 12.1 Å². The maximum atomic E-state index is 12.6. The summed E-state index contributed by atoms with van der Waals surface area (Å²) in [6.07, 6.45) is 1.69. The first kappa shape index (κ1) is 18.8. The number of nitro benzene ring substituents is 1. The molecule has 160 valence electrons. The molecule has 0 aliphatic carbocycles. The van der Waals surface area contributed by atoms with Gasteiger partial charge in [-0.15, -0.1) is 0 Å². The van der Waals surface area contributed by atoms with Crippen LogP contribution in [0, 0.1) is 10.1 Å². The second-order valence-corrected chi connectivity index (χ2v) is 7.58. The highest BCUT2D eigenvalue weighted by Crippen LogP contribution is 2.31. The number of hydrogen-bond acceptors (Lipinski definition) is 5. The molecular formula is C23H14N6O4. The first-order valence-corrected chi connectivity index (χ1v) is 10.00. The maximum absolute atomic E-state index is 12.6. The third-order valence-electron chi connectivity index (χ3n) is 5.60. The molecule has 0 bridgehead atoms. The van der Waals surface area contributed by atoms with Crippen LogP contribution in [0.2, 0.25) is 0 Å². The largest absolute Gasteiger partial charge is 0.327 e. The Bertz CT molecular complexity index is 1860. The van der Waals surface area contributed by atoms with Gasteiger partial charge >= 0.3 is 5.69 Å². The molecule has 0 spiro atoms. The Hall–Kier alpha value is -4.99. The predicted molar refractivity (Wildman–Crippen MR) is 123 cm³/mol. The quantitative estimate of drug-likeness (QED) is 0.323. The van der Waals surface area contributed by atoms with E-state index >= 15 is 0 Å². The van der Waals surface area contributed by atoms with Crippen molar-refractivity contribution in [1.82, 2.24) is 23.9 Å². The average Bonchev–Trinajstić information content (AvgIpc) is 3.34. The number of imidazole rings is 2. The molecule has 0 unspecified atom stereocenters. The number of non-ortho nitro benzene ring substituents is 1. The van der Waals surface area contributed by atoms with Crippen molar-refractivity contribution in [2.75, 3.05) is 0 Å². The molecule has 0 saturated carbocycles. The number of rotatable bonds is 3. The molecule has 33 heavy (non-hydrogen) atoms. The van der Waals surface area contributed by atoms with E-state index in [4.69, 9.17) is 0 Å². The fraction of sp³-hybridized carbons (Fsp3) is 0. The minimum Gasteiger partial charge on any atom is -0.290 e. The summed E-state index contributed by atoms with van der Waals surface area (Å²) >= 11 is 0. The molecule has 3 aromatic heterocycles. The number of nitrogens with one attached hydrogen (secondary N) is 2. The Morgan fingerprint density at radius 1 is 0.909 bits per heavy atom. The van der Waals surface area contributed by atoms with Gasteiger partial charge in [-0.25, -0.2) is 4.79 Å². The molecule has 10 nitrogen and oxygen atoms in total. The second kappa shape index (κ2) is 6.76. The molecule has 2 N–H and O–H groups in total. The van der Waals surface area contributed by atoms with Crippen molar-refractivity contribution in [2.24, 2.45) is 0 Å².